The first kappa shape index (κ1) is 13.4. The number of aromatic nitrogens is 1. The van der Waals surface area contributed by atoms with Gasteiger partial charge in [0.2, 0.25) is 0 Å². The number of rotatable bonds is 5. The van der Waals surface area contributed by atoms with Crippen LogP contribution in [0.15, 0.2) is 42.7 Å². The van der Waals surface area contributed by atoms with Crippen molar-refractivity contribution in [3.63, 3.8) is 0 Å². The average Bonchev–Trinajstić information content (AvgIpc) is 2.49. The van der Waals surface area contributed by atoms with E-state index in [0.29, 0.717) is 0 Å². The van der Waals surface area contributed by atoms with Crippen molar-refractivity contribution in [2.75, 3.05) is 21.3 Å². The number of hydrogen-bond acceptors (Lipinski definition) is 4. The molecule has 0 radical (unpaired) electrons. The van der Waals surface area contributed by atoms with Crippen LogP contribution in [0.25, 0.3) is 0 Å². The van der Waals surface area contributed by atoms with E-state index in [0.717, 1.165) is 22.6 Å². The Morgan fingerprint density at radius 3 is 2.42 bits per heavy atom. The SMILES string of the molecule is CNC(c1cccnc1)c1ccc(OC)c(OC)c1. The minimum absolute atomic E-state index is 0.0773. The lowest BCUT2D eigenvalue weighted by molar-refractivity contribution is 0.354. The zero-order chi connectivity index (χ0) is 13.7. The van der Waals surface area contributed by atoms with Crippen molar-refractivity contribution in [2.24, 2.45) is 0 Å². The molecule has 0 aliphatic carbocycles. The van der Waals surface area contributed by atoms with Crippen LogP contribution in [-0.2, 0) is 0 Å². The van der Waals surface area contributed by atoms with Crippen molar-refractivity contribution in [1.82, 2.24) is 10.3 Å². The molecule has 0 fully saturated rings. The van der Waals surface area contributed by atoms with Crippen LogP contribution < -0.4 is 14.8 Å². The molecule has 19 heavy (non-hydrogen) atoms. The van der Waals surface area contributed by atoms with E-state index in [-0.39, 0.29) is 6.04 Å². The Hall–Kier alpha value is -2.07. The number of ether oxygens (including phenoxy) is 2. The molecule has 1 aromatic carbocycles. The van der Waals surface area contributed by atoms with Crippen LogP contribution >= 0.6 is 0 Å². The van der Waals surface area contributed by atoms with Gasteiger partial charge in [0.1, 0.15) is 0 Å². The standard InChI is InChI=1S/C15H18N2O2/c1-16-15(12-5-4-8-17-10-12)11-6-7-13(18-2)14(9-11)19-3/h4-10,15-16H,1-3H3. The molecule has 0 aliphatic rings. The second kappa shape index (κ2) is 6.20. The van der Waals surface area contributed by atoms with Gasteiger partial charge in [-0.05, 0) is 36.4 Å². The normalized spacial score (nSPS) is 11.9. The molecular formula is C15H18N2O2. The van der Waals surface area contributed by atoms with E-state index in [1.807, 2.05) is 43.6 Å². The summed E-state index contributed by atoms with van der Waals surface area (Å²) >= 11 is 0. The molecule has 1 unspecified atom stereocenters. The Bertz CT molecular complexity index is 529. The van der Waals surface area contributed by atoms with E-state index in [1.165, 1.54) is 0 Å². The summed E-state index contributed by atoms with van der Waals surface area (Å²) in [4.78, 5) is 4.16. The largest absolute Gasteiger partial charge is 0.493 e. The van der Waals surface area contributed by atoms with E-state index in [4.69, 9.17) is 9.47 Å². The molecular weight excluding hydrogens is 240 g/mol. The van der Waals surface area contributed by atoms with Gasteiger partial charge < -0.3 is 14.8 Å². The molecule has 1 N–H and O–H groups in total. The lowest BCUT2D eigenvalue weighted by atomic mass is 10.00. The van der Waals surface area contributed by atoms with Crippen molar-refractivity contribution >= 4 is 0 Å². The van der Waals surface area contributed by atoms with E-state index >= 15 is 0 Å². The first-order valence-corrected chi connectivity index (χ1v) is 6.09. The van der Waals surface area contributed by atoms with Crippen LogP contribution in [0.1, 0.15) is 17.2 Å². The lowest BCUT2D eigenvalue weighted by Crippen LogP contribution is -2.17. The molecule has 4 heteroatoms. The van der Waals surface area contributed by atoms with Crippen LogP contribution in [-0.4, -0.2) is 26.3 Å². The number of benzene rings is 1. The topological polar surface area (TPSA) is 43.4 Å². The van der Waals surface area contributed by atoms with Crippen molar-refractivity contribution in [2.45, 2.75) is 6.04 Å². The Labute approximate surface area is 113 Å². The fourth-order valence-corrected chi connectivity index (χ4v) is 2.10. The number of hydrogen-bond donors (Lipinski definition) is 1. The highest BCUT2D eigenvalue weighted by molar-refractivity contribution is 5.45. The van der Waals surface area contributed by atoms with Gasteiger partial charge in [-0.15, -0.1) is 0 Å². The summed E-state index contributed by atoms with van der Waals surface area (Å²) in [6.45, 7) is 0. The number of nitrogens with zero attached hydrogens (tertiary/aromatic N) is 1. The molecule has 0 saturated carbocycles. The predicted molar refractivity (Wildman–Crippen MR) is 74.7 cm³/mol. The zero-order valence-electron chi connectivity index (χ0n) is 11.4. The van der Waals surface area contributed by atoms with Gasteiger partial charge in [-0.25, -0.2) is 0 Å². The fraction of sp³-hybridized carbons (Fsp3) is 0.267. The smallest absolute Gasteiger partial charge is 0.161 e. The van der Waals surface area contributed by atoms with E-state index in [1.54, 1.807) is 20.4 Å². The van der Waals surface area contributed by atoms with Gasteiger partial charge in [-0.1, -0.05) is 12.1 Å². The number of methoxy groups -OCH3 is 2. The van der Waals surface area contributed by atoms with Crippen molar-refractivity contribution in [3.05, 3.63) is 53.9 Å². The highest BCUT2D eigenvalue weighted by Crippen LogP contribution is 2.31. The van der Waals surface area contributed by atoms with Gasteiger partial charge in [-0.3, -0.25) is 4.98 Å². The van der Waals surface area contributed by atoms with Crippen LogP contribution in [0.2, 0.25) is 0 Å². The Kier molecular flexibility index (Phi) is 4.36. The summed E-state index contributed by atoms with van der Waals surface area (Å²) < 4.78 is 10.6. The zero-order valence-corrected chi connectivity index (χ0v) is 11.4. The van der Waals surface area contributed by atoms with Crippen LogP contribution in [0.5, 0.6) is 11.5 Å². The molecule has 0 saturated heterocycles. The van der Waals surface area contributed by atoms with Crippen molar-refractivity contribution < 1.29 is 9.47 Å². The van der Waals surface area contributed by atoms with Crippen LogP contribution in [0.4, 0.5) is 0 Å². The molecule has 2 aromatic rings. The maximum absolute atomic E-state index is 5.34. The number of nitrogens with one attached hydrogen (secondary N) is 1. The van der Waals surface area contributed by atoms with Gasteiger partial charge >= 0.3 is 0 Å². The quantitative estimate of drug-likeness (QED) is 0.894. The Morgan fingerprint density at radius 1 is 1.05 bits per heavy atom. The van der Waals surface area contributed by atoms with Gasteiger partial charge in [0.05, 0.1) is 20.3 Å². The number of pyridine rings is 1. The van der Waals surface area contributed by atoms with Gasteiger partial charge in [-0.2, -0.15) is 0 Å². The Balaban J connectivity index is 2.39. The second-order valence-corrected chi connectivity index (χ2v) is 4.12. The van der Waals surface area contributed by atoms with Crippen LogP contribution in [0.3, 0.4) is 0 Å². The van der Waals surface area contributed by atoms with E-state index in [2.05, 4.69) is 10.3 Å². The molecule has 1 heterocycles. The summed E-state index contributed by atoms with van der Waals surface area (Å²) in [7, 11) is 5.20. The van der Waals surface area contributed by atoms with Gasteiger partial charge in [0.25, 0.3) is 0 Å². The molecule has 2 rings (SSSR count). The van der Waals surface area contributed by atoms with Crippen LogP contribution in [0, 0.1) is 0 Å². The molecule has 0 spiro atoms. The minimum Gasteiger partial charge on any atom is -0.493 e. The van der Waals surface area contributed by atoms with Crippen molar-refractivity contribution in [1.29, 1.82) is 0 Å². The van der Waals surface area contributed by atoms with Gasteiger partial charge in [0.15, 0.2) is 11.5 Å². The van der Waals surface area contributed by atoms with Crippen molar-refractivity contribution in [3.8, 4) is 11.5 Å². The summed E-state index contributed by atoms with van der Waals surface area (Å²) in [6, 6.07) is 9.97. The maximum atomic E-state index is 5.34. The first-order chi connectivity index (χ1) is 9.30. The molecule has 100 valence electrons. The molecule has 0 bridgehead atoms. The molecule has 1 aromatic heterocycles. The lowest BCUT2D eigenvalue weighted by Gasteiger charge is -2.18. The first-order valence-electron chi connectivity index (χ1n) is 6.09. The third-order valence-corrected chi connectivity index (χ3v) is 3.05. The Morgan fingerprint density at radius 2 is 1.84 bits per heavy atom. The van der Waals surface area contributed by atoms with Gasteiger partial charge in [0, 0.05) is 12.4 Å². The predicted octanol–water partition coefficient (Wildman–Crippen LogP) is 2.41. The minimum atomic E-state index is 0.0773. The maximum Gasteiger partial charge on any atom is 0.161 e. The fourth-order valence-electron chi connectivity index (χ4n) is 2.10. The second-order valence-electron chi connectivity index (χ2n) is 4.12. The summed E-state index contributed by atoms with van der Waals surface area (Å²) in [6.07, 6.45) is 3.63. The third-order valence-electron chi connectivity index (χ3n) is 3.05. The molecule has 0 aliphatic heterocycles. The monoisotopic (exact) mass is 258 g/mol. The molecule has 0 amide bonds. The molecule has 1 atom stereocenters. The average molecular weight is 258 g/mol. The third kappa shape index (κ3) is 2.85. The highest BCUT2D eigenvalue weighted by atomic mass is 16.5. The highest BCUT2D eigenvalue weighted by Gasteiger charge is 2.14. The summed E-state index contributed by atoms with van der Waals surface area (Å²) in [5.74, 6) is 1.46. The summed E-state index contributed by atoms with van der Waals surface area (Å²) in [5, 5.41) is 3.29. The van der Waals surface area contributed by atoms with E-state index < -0.39 is 0 Å². The molecule has 4 nitrogen and oxygen atoms in total. The van der Waals surface area contributed by atoms with E-state index in [9.17, 15) is 0 Å². The summed E-state index contributed by atoms with van der Waals surface area (Å²) in [5.41, 5.74) is 2.21.